The van der Waals surface area contributed by atoms with Crippen LogP contribution >= 0.6 is 11.3 Å². The topological polar surface area (TPSA) is 81.7 Å². The minimum atomic E-state index is -0.427. The van der Waals surface area contributed by atoms with Gasteiger partial charge in [0.05, 0.1) is 18.2 Å². The average Bonchev–Trinajstić information content (AvgIpc) is 3.21. The molecule has 2 heterocycles. The highest BCUT2D eigenvalue weighted by atomic mass is 32.1. The molecule has 1 atom stereocenters. The lowest BCUT2D eigenvalue weighted by atomic mass is 9.93. The standard InChI is InChI=1S/C26H23NO5S/c1-31-26(30)22-19-9-5-6-10-21(19)33-24(22)27-23(28)16-11-12-18-17(13-16)14-20(32-25(18)29)15-7-3-2-4-8-15/h2-4,7-8,11-13,20H,5-6,9-10,14H2,1H3,(H,27,28)/t20-/m1/s1. The first-order valence-corrected chi connectivity index (χ1v) is 11.8. The van der Waals surface area contributed by atoms with Gasteiger partial charge in [0.1, 0.15) is 11.1 Å². The highest BCUT2D eigenvalue weighted by Crippen LogP contribution is 2.39. The fraction of sp³-hybridized carbons (Fsp3) is 0.269. The van der Waals surface area contributed by atoms with Crippen LogP contribution in [0.1, 0.15) is 71.6 Å². The lowest BCUT2D eigenvalue weighted by Crippen LogP contribution is -2.23. The van der Waals surface area contributed by atoms with Crippen molar-refractivity contribution in [2.24, 2.45) is 0 Å². The van der Waals surface area contributed by atoms with E-state index in [4.69, 9.17) is 9.47 Å². The quantitative estimate of drug-likeness (QED) is 0.546. The predicted molar refractivity (Wildman–Crippen MR) is 125 cm³/mol. The van der Waals surface area contributed by atoms with E-state index in [9.17, 15) is 14.4 Å². The molecule has 0 radical (unpaired) electrons. The molecule has 1 aliphatic heterocycles. The van der Waals surface area contributed by atoms with Gasteiger partial charge >= 0.3 is 11.9 Å². The van der Waals surface area contributed by atoms with Gasteiger partial charge in [-0.05, 0) is 60.6 Å². The molecule has 1 N–H and O–H groups in total. The number of rotatable bonds is 4. The maximum Gasteiger partial charge on any atom is 0.341 e. The van der Waals surface area contributed by atoms with Crippen LogP contribution in [0.3, 0.4) is 0 Å². The number of methoxy groups -OCH3 is 1. The van der Waals surface area contributed by atoms with Crippen LogP contribution in [0.15, 0.2) is 48.5 Å². The monoisotopic (exact) mass is 461 g/mol. The SMILES string of the molecule is COC(=O)c1c(NC(=O)c2ccc3c(c2)C[C@H](c2ccccc2)OC3=O)sc2c1CCCC2. The summed E-state index contributed by atoms with van der Waals surface area (Å²) in [5.41, 5.74) is 4.05. The van der Waals surface area contributed by atoms with Gasteiger partial charge in [-0.15, -0.1) is 11.3 Å². The third-order valence-corrected chi connectivity index (χ3v) is 7.41. The van der Waals surface area contributed by atoms with Crippen molar-refractivity contribution < 1.29 is 23.9 Å². The van der Waals surface area contributed by atoms with Gasteiger partial charge in [0.15, 0.2) is 0 Å². The van der Waals surface area contributed by atoms with Crippen molar-refractivity contribution in [1.29, 1.82) is 0 Å². The highest BCUT2D eigenvalue weighted by molar-refractivity contribution is 7.17. The summed E-state index contributed by atoms with van der Waals surface area (Å²) in [5.74, 6) is -1.14. The van der Waals surface area contributed by atoms with E-state index in [0.29, 0.717) is 28.1 Å². The molecule has 6 nitrogen and oxygen atoms in total. The number of esters is 2. The Morgan fingerprint density at radius 2 is 1.88 bits per heavy atom. The van der Waals surface area contributed by atoms with Crippen LogP contribution in [0.2, 0.25) is 0 Å². The predicted octanol–water partition coefficient (Wildman–Crippen LogP) is 5.12. The Kier molecular flexibility index (Phi) is 5.72. The zero-order valence-corrected chi connectivity index (χ0v) is 19.0. The Morgan fingerprint density at radius 3 is 2.67 bits per heavy atom. The van der Waals surface area contributed by atoms with E-state index in [2.05, 4.69) is 5.32 Å². The Balaban J connectivity index is 1.43. The number of hydrogen-bond acceptors (Lipinski definition) is 6. The lowest BCUT2D eigenvalue weighted by Gasteiger charge is -2.25. The third-order valence-electron chi connectivity index (χ3n) is 6.20. The molecule has 2 aromatic carbocycles. The maximum absolute atomic E-state index is 13.1. The molecule has 0 saturated carbocycles. The van der Waals surface area contributed by atoms with Crippen LogP contribution in [-0.4, -0.2) is 25.0 Å². The van der Waals surface area contributed by atoms with Crippen LogP contribution in [0.5, 0.6) is 0 Å². The summed E-state index contributed by atoms with van der Waals surface area (Å²) in [6.07, 6.45) is 3.91. The van der Waals surface area contributed by atoms with Crippen LogP contribution in [0.4, 0.5) is 5.00 Å². The van der Waals surface area contributed by atoms with Crippen molar-refractivity contribution in [3.8, 4) is 0 Å². The second-order valence-corrected chi connectivity index (χ2v) is 9.35. The number of cyclic esters (lactones) is 1. The second-order valence-electron chi connectivity index (χ2n) is 8.24. The van der Waals surface area contributed by atoms with Gasteiger partial charge in [0, 0.05) is 16.9 Å². The number of benzene rings is 2. The Bertz CT molecular complexity index is 1250. The number of aryl methyl sites for hydroxylation is 1. The summed E-state index contributed by atoms with van der Waals surface area (Å²) in [5, 5.41) is 3.45. The minimum Gasteiger partial charge on any atom is -0.465 e. The molecule has 168 valence electrons. The van der Waals surface area contributed by atoms with E-state index >= 15 is 0 Å². The first-order valence-electron chi connectivity index (χ1n) is 11.0. The second kappa shape index (κ2) is 8.83. The fourth-order valence-electron chi connectivity index (χ4n) is 4.54. The van der Waals surface area contributed by atoms with Gasteiger partial charge < -0.3 is 14.8 Å². The van der Waals surface area contributed by atoms with E-state index in [1.165, 1.54) is 18.4 Å². The molecule has 0 saturated heterocycles. The molecule has 0 spiro atoms. The molecule has 1 aromatic heterocycles. The van der Waals surface area contributed by atoms with Gasteiger partial charge in [-0.1, -0.05) is 30.3 Å². The van der Waals surface area contributed by atoms with E-state index in [1.54, 1.807) is 18.2 Å². The first kappa shape index (κ1) is 21.4. The number of carbonyl (C=O) groups is 3. The maximum atomic E-state index is 13.1. The number of nitrogens with one attached hydrogen (secondary N) is 1. The van der Waals surface area contributed by atoms with Gasteiger partial charge in [-0.3, -0.25) is 4.79 Å². The molecule has 7 heteroatoms. The smallest absolute Gasteiger partial charge is 0.341 e. The van der Waals surface area contributed by atoms with Crippen LogP contribution in [0.25, 0.3) is 0 Å². The molecular formula is C26H23NO5S. The Hall–Kier alpha value is -3.45. The zero-order valence-electron chi connectivity index (χ0n) is 18.2. The zero-order chi connectivity index (χ0) is 22.9. The largest absolute Gasteiger partial charge is 0.465 e. The first-order chi connectivity index (χ1) is 16.0. The average molecular weight is 462 g/mol. The van der Waals surface area contributed by atoms with Crippen molar-refractivity contribution >= 4 is 34.2 Å². The van der Waals surface area contributed by atoms with Crippen LogP contribution in [-0.2, 0) is 28.7 Å². The number of anilines is 1. The molecule has 5 rings (SSSR count). The van der Waals surface area contributed by atoms with E-state index in [0.717, 1.165) is 47.3 Å². The highest BCUT2D eigenvalue weighted by Gasteiger charge is 2.30. The van der Waals surface area contributed by atoms with Crippen molar-refractivity contribution in [2.75, 3.05) is 12.4 Å². The van der Waals surface area contributed by atoms with E-state index in [1.807, 2.05) is 30.3 Å². The normalized spacial score (nSPS) is 16.9. The minimum absolute atomic E-state index is 0.322. The molecule has 1 aliphatic carbocycles. The van der Waals surface area contributed by atoms with Gasteiger partial charge in [0.2, 0.25) is 0 Å². The summed E-state index contributed by atoms with van der Waals surface area (Å²) < 4.78 is 10.6. The molecule has 0 fully saturated rings. The number of hydrogen-bond donors (Lipinski definition) is 1. The Labute approximate surface area is 195 Å². The molecule has 33 heavy (non-hydrogen) atoms. The molecule has 2 aliphatic rings. The number of thiophene rings is 1. The van der Waals surface area contributed by atoms with E-state index < -0.39 is 11.9 Å². The van der Waals surface area contributed by atoms with Crippen molar-refractivity contribution in [3.63, 3.8) is 0 Å². The number of amides is 1. The van der Waals surface area contributed by atoms with Crippen molar-refractivity contribution in [2.45, 2.75) is 38.2 Å². The number of carbonyl (C=O) groups excluding carboxylic acids is 3. The summed E-state index contributed by atoms with van der Waals surface area (Å²) in [6.45, 7) is 0. The molecule has 3 aromatic rings. The van der Waals surface area contributed by atoms with Gasteiger partial charge in [-0.2, -0.15) is 0 Å². The van der Waals surface area contributed by atoms with Crippen molar-refractivity contribution in [3.05, 3.63) is 86.8 Å². The molecule has 0 bridgehead atoms. The molecule has 0 unspecified atom stereocenters. The van der Waals surface area contributed by atoms with Crippen LogP contribution in [0, 0.1) is 0 Å². The lowest BCUT2D eigenvalue weighted by molar-refractivity contribution is 0.0252. The number of ether oxygens (including phenoxy) is 2. The molecule has 1 amide bonds. The number of fused-ring (bicyclic) bond motifs is 2. The van der Waals surface area contributed by atoms with E-state index in [-0.39, 0.29) is 12.0 Å². The third kappa shape index (κ3) is 4.04. The van der Waals surface area contributed by atoms with Crippen LogP contribution < -0.4 is 5.32 Å². The Morgan fingerprint density at radius 1 is 1.09 bits per heavy atom. The van der Waals surface area contributed by atoms with Crippen molar-refractivity contribution in [1.82, 2.24) is 0 Å². The van der Waals surface area contributed by atoms with Gasteiger partial charge in [-0.25, -0.2) is 9.59 Å². The summed E-state index contributed by atoms with van der Waals surface area (Å²) in [4.78, 5) is 39.3. The van der Waals surface area contributed by atoms with Gasteiger partial charge in [0.25, 0.3) is 5.91 Å². The fourth-order valence-corrected chi connectivity index (χ4v) is 5.81. The summed E-state index contributed by atoms with van der Waals surface area (Å²) in [7, 11) is 1.35. The summed E-state index contributed by atoms with van der Waals surface area (Å²) >= 11 is 1.45. The molecular weight excluding hydrogens is 438 g/mol. The summed E-state index contributed by atoms with van der Waals surface area (Å²) in [6, 6.07) is 14.6.